The Morgan fingerprint density at radius 2 is 1.44 bits per heavy atom. The van der Waals surface area contributed by atoms with Gasteiger partial charge in [0.05, 0.1) is 0 Å². The lowest BCUT2D eigenvalue weighted by molar-refractivity contribution is -0.126. The highest BCUT2D eigenvalue weighted by molar-refractivity contribution is 5.91. The number of hydrogen-bond donors (Lipinski definition) is 0. The normalized spacial score (nSPS) is 30.0. The summed E-state index contributed by atoms with van der Waals surface area (Å²) in [7, 11) is 1.93. The predicted molar refractivity (Wildman–Crippen MR) is 107 cm³/mol. The number of hydrogen-bond acceptors (Lipinski definition) is 1. The second-order valence-corrected chi connectivity index (χ2v) is 9.02. The largest absolute Gasteiger partial charge is 0.342 e. The molecule has 0 aromatic rings. The summed E-state index contributed by atoms with van der Waals surface area (Å²) in [5.41, 5.74) is 0.659. The van der Waals surface area contributed by atoms with Gasteiger partial charge in [-0.05, 0) is 69.1 Å². The average Bonchev–Trinajstić information content (AvgIpc) is 2.62. The van der Waals surface area contributed by atoms with Crippen LogP contribution < -0.4 is 0 Å². The highest BCUT2D eigenvalue weighted by atomic mass is 16.2. The topological polar surface area (TPSA) is 20.3 Å². The molecule has 0 aliphatic heterocycles. The molecule has 0 atom stereocenters. The van der Waals surface area contributed by atoms with Crippen LogP contribution in [0.15, 0.2) is 12.2 Å². The Morgan fingerprint density at radius 3 is 1.92 bits per heavy atom. The Morgan fingerprint density at radius 1 is 0.920 bits per heavy atom. The van der Waals surface area contributed by atoms with Crippen LogP contribution in [0.1, 0.15) is 90.9 Å². The van der Waals surface area contributed by atoms with Gasteiger partial charge >= 0.3 is 0 Å². The fourth-order valence-corrected chi connectivity index (χ4v) is 5.27. The Balaban J connectivity index is 1.65. The van der Waals surface area contributed by atoms with E-state index < -0.39 is 0 Å². The van der Waals surface area contributed by atoms with Gasteiger partial charge in [0, 0.05) is 19.2 Å². The van der Waals surface area contributed by atoms with Crippen LogP contribution in [0.4, 0.5) is 0 Å². The van der Waals surface area contributed by atoms with Crippen LogP contribution >= 0.6 is 0 Å². The van der Waals surface area contributed by atoms with Gasteiger partial charge in [0.2, 0.25) is 5.91 Å². The third-order valence-electron chi connectivity index (χ3n) is 6.91. The van der Waals surface area contributed by atoms with E-state index in [0.29, 0.717) is 11.5 Å². The number of carbonyl (C=O) groups is 1. The molecule has 25 heavy (non-hydrogen) atoms. The van der Waals surface area contributed by atoms with Crippen molar-refractivity contribution in [1.29, 1.82) is 0 Å². The van der Waals surface area contributed by atoms with Crippen molar-refractivity contribution in [2.75, 3.05) is 13.6 Å². The molecule has 0 radical (unpaired) electrons. The zero-order valence-electron chi connectivity index (χ0n) is 17.1. The van der Waals surface area contributed by atoms with Gasteiger partial charge in [0.1, 0.15) is 0 Å². The molecular formula is C23H41NO. The summed E-state index contributed by atoms with van der Waals surface area (Å²) in [6.07, 6.45) is 17.1. The van der Waals surface area contributed by atoms with Crippen molar-refractivity contribution in [1.82, 2.24) is 4.90 Å². The Kier molecular flexibility index (Phi) is 8.52. The van der Waals surface area contributed by atoms with Crippen molar-refractivity contribution in [3.8, 4) is 0 Å². The van der Waals surface area contributed by atoms with E-state index >= 15 is 0 Å². The maximum Gasteiger partial charge on any atom is 0.248 e. The monoisotopic (exact) mass is 347 g/mol. The standard InChI is InChI=1S/C23H41NO/c1-5-6-7-8-19-9-13-21(14-10-19)22-15-11-20(12-16-22)17-24(4)23(25)18(2)3/h19-22H,2,5-17H2,1,3-4H3. The van der Waals surface area contributed by atoms with Crippen molar-refractivity contribution in [3.05, 3.63) is 12.2 Å². The van der Waals surface area contributed by atoms with Crippen LogP contribution in [0.5, 0.6) is 0 Å². The number of likely N-dealkylation sites (N-methyl/N-ethyl adjacent to an activating group) is 1. The highest BCUT2D eigenvalue weighted by Gasteiger charge is 2.31. The summed E-state index contributed by atoms with van der Waals surface area (Å²) < 4.78 is 0. The van der Waals surface area contributed by atoms with Crippen molar-refractivity contribution in [3.63, 3.8) is 0 Å². The second kappa shape index (κ2) is 10.4. The Labute approximate surface area is 156 Å². The van der Waals surface area contributed by atoms with Gasteiger partial charge in [0.15, 0.2) is 0 Å². The van der Waals surface area contributed by atoms with Crippen molar-refractivity contribution >= 4 is 5.91 Å². The molecule has 2 aliphatic rings. The quantitative estimate of drug-likeness (QED) is 0.377. The van der Waals surface area contributed by atoms with E-state index in [2.05, 4.69) is 13.5 Å². The van der Waals surface area contributed by atoms with Crippen LogP contribution in [0.2, 0.25) is 0 Å². The lowest BCUT2D eigenvalue weighted by Crippen LogP contribution is -2.34. The highest BCUT2D eigenvalue weighted by Crippen LogP contribution is 2.42. The molecule has 2 nitrogen and oxygen atoms in total. The minimum absolute atomic E-state index is 0.114. The maximum atomic E-state index is 12.0. The van der Waals surface area contributed by atoms with Crippen LogP contribution in [-0.2, 0) is 4.79 Å². The molecule has 2 saturated carbocycles. The lowest BCUT2D eigenvalue weighted by atomic mass is 9.68. The number of unbranched alkanes of at least 4 members (excludes halogenated alkanes) is 2. The zero-order valence-corrected chi connectivity index (χ0v) is 17.1. The first-order valence-corrected chi connectivity index (χ1v) is 10.9. The number of carbonyl (C=O) groups excluding carboxylic acids is 1. The van der Waals surface area contributed by atoms with Crippen LogP contribution in [0.3, 0.4) is 0 Å². The van der Waals surface area contributed by atoms with E-state index in [-0.39, 0.29) is 5.91 Å². The van der Waals surface area contributed by atoms with Crippen LogP contribution in [0.25, 0.3) is 0 Å². The molecule has 0 spiro atoms. The van der Waals surface area contributed by atoms with E-state index in [1.807, 2.05) is 18.9 Å². The van der Waals surface area contributed by atoms with Crippen molar-refractivity contribution < 1.29 is 4.79 Å². The zero-order chi connectivity index (χ0) is 18.2. The van der Waals surface area contributed by atoms with Crippen LogP contribution in [-0.4, -0.2) is 24.4 Å². The predicted octanol–water partition coefficient (Wildman–Crippen LogP) is 6.21. The van der Waals surface area contributed by atoms with E-state index in [9.17, 15) is 4.79 Å². The fraction of sp³-hybridized carbons (Fsp3) is 0.870. The van der Waals surface area contributed by atoms with Gasteiger partial charge in [-0.1, -0.05) is 52.0 Å². The number of rotatable bonds is 8. The molecule has 0 bridgehead atoms. The third kappa shape index (κ3) is 6.46. The van der Waals surface area contributed by atoms with Gasteiger partial charge in [-0.3, -0.25) is 4.79 Å². The summed E-state index contributed by atoms with van der Waals surface area (Å²) in [4.78, 5) is 13.9. The van der Waals surface area contributed by atoms with Gasteiger partial charge in [-0.2, -0.15) is 0 Å². The summed E-state index contributed by atoms with van der Waals surface area (Å²) in [6.45, 7) is 8.82. The van der Waals surface area contributed by atoms with E-state index in [1.165, 1.54) is 77.0 Å². The number of amides is 1. The molecule has 0 heterocycles. The average molecular weight is 348 g/mol. The lowest BCUT2D eigenvalue weighted by Gasteiger charge is -2.38. The van der Waals surface area contributed by atoms with Gasteiger partial charge in [0.25, 0.3) is 0 Å². The molecule has 2 rings (SSSR count). The van der Waals surface area contributed by atoms with Crippen molar-refractivity contribution in [2.24, 2.45) is 23.7 Å². The maximum absolute atomic E-state index is 12.0. The molecule has 0 aromatic heterocycles. The van der Waals surface area contributed by atoms with Crippen LogP contribution in [0, 0.1) is 23.7 Å². The first-order chi connectivity index (χ1) is 12.0. The second-order valence-electron chi connectivity index (χ2n) is 9.02. The van der Waals surface area contributed by atoms with E-state index in [0.717, 1.165) is 24.3 Å². The van der Waals surface area contributed by atoms with Gasteiger partial charge < -0.3 is 4.90 Å². The molecule has 2 fully saturated rings. The molecule has 2 aliphatic carbocycles. The molecule has 0 aromatic carbocycles. The first-order valence-electron chi connectivity index (χ1n) is 10.9. The summed E-state index contributed by atoms with van der Waals surface area (Å²) >= 11 is 0. The molecule has 2 heteroatoms. The van der Waals surface area contributed by atoms with E-state index in [4.69, 9.17) is 0 Å². The molecule has 0 unspecified atom stereocenters. The summed E-state index contributed by atoms with van der Waals surface area (Å²) in [6, 6.07) is 0. The number of nitrogens with zero attached hydrogens (tertiary/aromatic N) is 1. The third-order valence-corrected chi connectivity index (χ3v) is 6.91. The summed E-state index contributed by atoms with van der Waals surface area (Å²) in [5, 5.41) is 0. The molecule has 0 N–H and O–H groups in total. The Hall–Kier alpha value is -0.790. The minimum Gasteiger partial charge on any atom is -0.342 e. The van der Waals surface area contributed by atoms with E-state index in [1.54, 1.807) is 0 Å². The first kappa shape index (κ1) is 20.5. The van der Waals surface area contributed by atoms with Gasteiger partial charge in [-0.15, -0.1) is 0 Å². The minimum atomic E-state index is 0.114. The molecule has 1 amide bonds. The molecular weight excluding hydrogens is 306 g/mol. The van der Waals surface area contributed by atoms with Crippen molar-refractivity contribution in [2.45, 2.75) is 90.9 Å². The molecule has 0 saturated heterocycles. The Bertz CT molecular complexity index is 414. The van der Waals surface area contributed by atoms with Gasteiger partial charge in [-0.25, -0.2) is 0 Å². The smallest absolute Gasteiger partial charge is 0.248 e. The SMILES string of the molecule is C=C(C)C(=O)N(C)CC1CCC(C2CCC(CCCCC)CC2)CC1. The molecule has 144 valence electrons. The summed E-state index contributed by atoms with van der Waals surface area (Å²) in [5.74, 6) is 3.81. The fourth-order valence-electron chi connectivity index (χ4n) is 5.27.